The first kappa shape index (κ1) is 15.0. The molecule has 0 radical (unpaired) electrons. The Labute approximate surface area is 137 Å². The lowest BCUT2D eigenvalue weighted by Crippen LogP contribution is -2.59. The Morgan fingerprint density at radius 3 is 2.41 bits per heavy atom. The van der Waals surface area contributed by atoms with Crippen LogP contribution in [0.15, 0.2) is 29.3 Å². The highest BCUT2D eigenvalue weighted by molar-refractivity contribution is 6.63. The van der Waals surface area contributed by atoms with Gasteiger partial charge in [-0.3, -0.25) is 9.69 Å². The van der Waals surface area contributed by atoms with Gasteiger partial charge in [0.1, 0.15) is 0 Å². The molecule has 1 aromatic carbocycles. The molecule has 8 heteroatoms. The standard InChI is InChI=1S/C14H13Cl2N4O2/c1-18-11-10(12(21)19(2)14(18)22)17-13(16)20(11)7-8-3-5-9(15)6-4-8/h3-6,10H,7H2,1-2H3/q+1. The minimum atomic E-state index is -0.771. The molecule has 2 aliphatic heterocycles. The van der Waals surface area contributed by atoms with Crippen LogP contribution in [0.25, 0.3) is 0 Å². The number of aliphatic imine (C=N–C) groups is 1. The summed E-state index contributed by atoms with van der Waals surface area (Å²) in [4.78, 5) is 30.9. The van der Waals surface area contributed by atoms with Crippen LogP contribution in [-0.2, 0) is 11.3 Å². The summed E-state index contributed by atoms with van der Waals surface area (Å²) in [6, 6.07) is 6.09. The van der Waals surface area contributed by atoms with Gasteiger partial charge >= 0.3 is 11.3 Å². The second-order valence-electron chi connectivity index (χ2n) is 5.11. The number of halogens is 2. The van der Waals surface area contributed by atoms with Gasteiger partial charge in [-0.1, -0.05) is 23.7 Å². The Balaban J connectivity index is 2.01. The van der Waals surface area contributed by atoms with E-state index in [0.717, 1.165) is 10.5 Å². The number of carbonyl (C=O) groups is 2. The summed E-state index contributed by atoms with van der Waals surface area (Å²) in [7, 11) is 3.04. The molecular weight excluding hydrogens is 327 g/mol. The quantitative estimate of drug-likeness (QED) is 0.608. The van der Waals surface area contributed by atoms with Gasteiger partial charge in [-0.05, 0) is 29.3 Å². The highest BCUT2D eigenvalue weighted by Gasteiger charge is 2.52. The smallest absolute Gasteiger partial charge is 0.269 e. The summed E-state index contributed by atoms with van der Waals surface area (Å²) in [5, 5.41) is 0.829. The predicted octanol–water partition coefficient (Wildman–Crippen LogP) is 1.75. The molecule has 6 nitrogen and oxygen atoms in total. The molecule has 1 fully saturated rings. The maximum atomic E-state index is 12.2. The van der Waals surface area contributed by atoms with Crippen LogP contribution in [0.1, 0.15) is 5.56 Å². The maximum Gasteiger partial charge on any atom is 0.388 e. The van der Waals surface area contributed by atoms with Crippen molar-refractivity contribution >= 4 is 46.3 Å². The number of fused-ring (bicyclic) bond motifs is 1. The van der Waals surface area contributed by atoms with Crippen LogP contribution >= 0.6 is 23.2 Å². The van der Waals surface area contributed by atoms with Crippen LogP contribution < -0.4 is 0 Å². The number of likely N-dealkylation sites (N-methyl/N-ethyl adjacent to an activating group) is 2. The van der Waals surface area contributed by atoms with Gasteiger partial charge in [-0.25, -0.2) is 14.3 Å². The SMILES string of the molecule is CN1C(=O)C2N=C(Cl)[N+](Cc3ccc(Cl)cc3)=C2N(C)C1=O. The summed E-state index contributed by atoms with van der Waals surface area (Å²) in [6.07, 6.45) is 0. The third kappa shape index (κ3) is 2.28. The van der Waals surface area contributed by atoms with E-state index >= 15 is 0 Å². The lowest BCUT2D eigenvalue weighted by Gasteiger charge is -2.27. The lowest BCUT2D eigenvalue weighted by molar-refractivity contribution is -0.423. The third-order valence-corrected chi connectivity index (χ3v) is 4.27. The molecule has 1 saturated heterocycles. The highest BCUT2D eigenvalue weighted by Crippen LogP contribution is 2.21. The first-order valence-corrected chi connectivity index (χ1v) is 7.33. The molecule has 1 unspecified atom stereocenters. The Morgan fingerprint density at radius 2 is 1.77 bits per heavy atom. The fourth-order valence-electron chi connectivity index (χ4n) is 2.53. The molecule has 0 saturated carbocycles. The minimum absolute atomic E-state index is 0.193. The number of benzene rings is 1. The molecule has 22 heavy (non-hydrogen) atoms. The second-order valence-corrected chi connectivity index (χ2v) is 5.88. The molecule has 0 N–H and O–H groups in total. The van der Waals surface area contributed by atoms with Crippen LogP contribution in [0.4, 0.5) is 4.79 Å². The molecule has 114 valence electrons. The molecule has 0 aromatic heterocycles. The highest BCUT2D eigenvalue weighted by atomic mass is 35.5. The van der Waals surface area contributed by atoms with E-state index in [0.29, 0.717) is 17.4 Å². The maximum absolute atomic E-state index is 12.2. The van der Waals surface area contributed by atoms with E-state index in [2.05, 4.69) is 4.99 Å². The van der Waals surface area contributed by atoms with Gasteiger partial charge in [-0.15, -0.1) is 4.99 Å². The predicted molar refractivity (Wildman–Crippen MR) is 83.4 cm³/mol. The van der Waals surface area contributed by atoms with Crippen molar-refractivity contribution in [1.29, 1.82) is 0 Å². The van der Waals surface area contributed by atoms with Gasteiger partial charge < -0.3 is 0 Å². The monoisotopic (exact) mass is 339 g/mol. The second kappa shape index (κ2) is 5.37. The number of urea groups is 1. The number of nitrogens with zero attached hydrogens (tertiary/aromatic N) is 4. The topological polar surface area (TPSA) is 56.0 Å². The Hall–Kier alpha value is -1.92. The number of hydrogen-bond acceptors (Lipinski definition) is 3. The summed E-state index contributed by atoms with van der Waals surface area (Å²) < 4.78 is 1.66. The molecule has 0 spiro atoms. The molecular formula is C14H13Cl2N4O2+. The van der Waals surface area contributed by atoms with Crippen LogP contribution in [0.3, 0.4) is 0 Å². The van der Waals surface area contributed by atoms with Gasteiger partial charge in [-0.2, -0.15) is 0 Å². The van der Waals surface area contributed by atoms with Gasteiger partial charge in [0, 0.05) is 12.1 Å². The average Bonchev–Trinajstić information content (AvgIpc) is 2.82. The fraction of sp³-hybridized carbons (Fsp3) is 0.286. The normalized spacial score (nSPS) is 21.5. The van der Waals surface area contributed by atoms with Crippen molar-refractivity contribution in [3.8, 4) is 0 Å². The van der Waals surface area contributed by atoms with Crippen molar-refractivity contribution in [2.75, 3.05) is 14.1 Å². The lowest BCUT2D eigenvalue weighted by atomic mass is 10.2. The number of hydrogen-bond donors (Lipinski definition) is 0. The van der Waals surface area contributed by atoms with Crippen LogP contribution in [0, 0.1) is 0 Å². The Bertz CT molecular complexity index is 727. The van der Waals surface area contributed by atoms with Crippen molar-refractivity contribution in [3.63, 3.8) is 0 Å². The van der Waals surface area contributed by atoms with E-state index in [9.17, 15) is 9.59 Å². The first-order valence-electron chi connectivity index (χ1n) is 6.57. The molecule has 1 aromatic rings. The van der Waals surface area contributed by atoms with Gasteiger partial charge in [0.25, 0.3) is 17.8 Å². The van der Waals surface area contributed by atoms with Gasteiger partial charge in [0.05, 0.1) is 13.6 Å². The van der Waals surface area contributed by atoms with E-state index in [1.54, 1.807) is 23.8 Å². The van der Waals surface area contributed by atoms with E-state index in [-0.39, 0.29) is 11.2 Å². The molecule has 1 atom stereocenters. The number of amidine groups is 2. The molecule has 0 aliphatic carbocycles. The van der Waals surface area contributed by atoms with Gasteiger partial charge in [0.15, 0.2) is 0 Å². The van der Waals surface area contributed by atoms with Crippen molar-refractivity contribution in [2.24, 2.45) is 4.99 Å². The van der Waals surface area contributed by atoms with Crippen LogP contribution in [-0.4, -0.2) is 57.6 Å². The first-order chi connectivity index (χ1) is 10.4. The van der Waals surface area contributed by atoms with Crippen molar-refractivity contribution in [3.05, 3.63) is 34.9 Å². The molecule has 2 aliphatic rings. The molecule has 0 bridgehead atoms. The van der Waals surface area contributed by atoms with Crippen molar-refractivity contribution in [2.45, 2.75) is 12.6 Å². The van der Waals surface area contributed by atoms with Gasteiger partial charge in [0.2, 0.25) is 0 Å². The summed E-state index contributed by atoms with van der Waals surface area (Å²) in [6.45, 7) is 0.403. The van der Waals surface area contributed by atoms with Crippen LogP contribution in [0.2, 0.25) is 5.02 Å². The minimum Gasteiger partial charge on any atom is -0.269 e. The zero-order valence-electron chi connectivity index (χ0n) is 12.0. The largest absolute Gasteiger partial charge is 0.388 e. The van der Waals surface area contributed by atoms with E-state index in [1.165, 1.54) is 11.9 Å². The van der Waals surface area contributed by atoms with Crippen LogP contribution in [0.5, 0.6) is 0 Å². The average molecular weight is 340 g/mol. The number of imide groups is 1. The van der Waals surface area contributed by atoms with Crippen molar-refractivity contribution < 1.29 is 14.2 Å². The number of carbonyl (C=O) groups excluding carboxylic acids is 2. The zero-order chi connectivity index (χ0) is 16.0. The van der Waals surface area contributed by atoms with E-state index in [4.69, 9.17) is 23.2 Å². The molecule has 3 amide bonds. The summed E-state index contributed by atoms with van der Waals surface area (Å²) >= 11 is 12.1. The Morgan fingerprint density at radius 1 is 1.14 bits per heavy atom. The number of amides is 3. The van der Waals surface area contributed by atoms with E-state index in [1.807, 2.05) is 12.1 Å². The number of rotatable bonds is 2. The molecule has 3 rings (SSSR count). The zero-order valence-corrected chi connectivity index (χ0v) is 13.5. The van der Waals surface area contributed by atoms with Crippen molar-refractivity contribution in [1.82, 2.24) is 9.80 Å². The fourth-order valence-corrected chi connectivity index (χ4v) is 2.90. The van der Waals surface area contributed by atoms with E-state index < -0.39 is 12.1 Å². The summed E-state index contributed by atoms with van der Waals surface area (Å²) in [5.41, 5.74) is 0.943. The molecule has 2 heterocycles. The summed E-state index contributed by atoms with van der Waals surface area (Å²) in [5.74, 6) is 0.0999. The Kier molecular flexibility index (Phi) is 3.66. The third-order valence-electron chi connectivity index (χ3n) is 3.72.